The number of urea groups is 1. The number of rotatable bonds is 3. The molecule has 2 unspecified atom stereocenters. The summed E-state index contributed by atoms with van der Waals surface area (Å²) >= 11 is 3.41. The van der Waals surface area contributed by atoms with E-state index in [2.05, 4.69) is 26.6 Å². The summed E-state index contributed by atoms with van der Waals surface area (Å²) in [5, 5.41) is 14.5. The minimum Gasteiger partial charge on any atom is -0.481 e. The Morgan fingerprint density at radius 2 is 2.10 bits per heavy atom. The molecule has 0 heterocycles. The minimum atomic E-state index is -0.780. The van der Waals surface area contributed by atoms with Gasteiger partial charge in [-0.05, 0) is 43.9 Å². The second-order valence-corrected chi connectivity index (χ2v) is 5.96. The number of anilines is 1. The lowest BCUT2D eigenvalue weighted by Crippen LogP contribution is -2.36. The molecule has 0 spiro atoms. The lowest BCUT2D eigenvalue weighted by atomic mass is 10.1. The van der Waals surface area contributed by atoms with E-state index in [9.17, 15) is 9.59 Å². The molecule has 1 aromatic carbocycles. The molecule has 0 radical (unpaired) electrons. The third kappa shape index (κ3) is 3.72. The number of aryl methyl sites for hydroxylation is 1. The van der Waals surface area contributed by atoms with Gasteiger partial charge in [-0.15, -0.1) is 0 Å². The van der Waals surface area contributed by atoms with Gasteiger partial charge in [0.2, 0.25) is 0 Å². The molecule has 5 nitrogen and oxygen atoms in total. The number of carbonyl (C=O) groups excluding carboxylic acids is 1. The van der Waals surface area contributed by atoms with Crippen molar-refractivity contribution in [3.8, 4) is 0 Å². The molecule has 0 aromatic heterocycles. The van der Waals surface area contributed by atoms with Gasteiger partial charge in [-0.25, -0.2) is 4.79 Å². The first-order valence-electron chi connectivity index (χ1n) is 6.52. The Hall–Kier alpha value is -1.56. The number of carbonyl (C=O) groups is 2. The fourth-order valence-electron chi connectivity index (χ4n) is 2.36. The van der Waals surface area contributed by atoms with Crippen LogP contribution in [-0.2, 0) is 4.79 Å². The molecule has 3 N–H and O–H groups in total. The lowest BCUT2D eigenvalue weighted by molar-refractivity contribution is -0.141. The van der Waals surface area contributed by atoms with E-state index in [1.807, 2.05) is 25.1 Å². The number of benzene rings is 1. The molecule has 0 bridgehead atoms. The molecule has 1 saturated carbocycles. The molecule has 1 aromatic rings. The van der Waals surface area contributed by atoms with Gasteiger partial charge in [0.05, 0.1) is 5.92 Å². The van der Waals surface area contributed by atoms with Crippen molar-refractivity contribution in [2.24, 2.45) is 5.92 Å². The normalized spacial score (nSPS) is 21.5. The quantitative estimate of drug-likeness (QED) is 0.790. The largest absolute Gasteiger partial charge is 0.481 e. The average molecular weight is 341 g/mol. The molecule has 0 saturated heterocycles. The van der Waals surface area contributed by atoms with E-state index in [1.54, 1.807) is 0 Å². The van der Waals surface area contributed by atoms with Crippen molar-refractivity contribution in [2.75, 3.05) is 5.32 Å². The maximum atomic E-state index is 11.9. The average Bonchev–Trinajstić information content (AvgIpc) is 2.82. The number of carboxylic acids is 1. The Balaban J connectivity index is 1.87. The monoisotopic (exact) mass is 340 g/mol. The zero-order valence-corrected chi connectivity index (χ0v) is 12.7. The van der Waals surface area contributed by atoms with Crippen LogP contribution < -0.4 is 10.6 Å². The van der Waals surface area contributed by atoms with E-state index in [-0.39, 0.29) is 18.0 Å². The maximum absolute atomic E-state index is 11.9. The molecule has 1 aliphatic carbocycles. The standard InChI is InChI=1S/C14H17BrN2O3/c1-8-2-4-11(7-12(8)15)17-14(20)16-10-5-3-9(6-10)13(18)19/h2,4,7,9-10H,3,5-6H2,1H3,(H,18,19)(H2,16,17,20). The summed E-state index contributed by atoms with van der Waals surface area (Å²) in [6.07, 6.45) is 1.83. The number of nitrogens with one attached hydrogen (secondary N) is 2. The minimum absolute atomic E-state index is 0.0648. The van der Waals surface area contributed by atoms with Crippen molar-refractivity contribution in [1.29, 1.82) is 0 Å². The second kappa shape index (κ2) is 6.26. The second-order valence-electron chi connectivity index (χ2n) is 5.11. The SMILES string of the molecule is Cc1ccc(NC(=O)NC2CCC(C(=O)O)C2)cc1Br. The van der Waals surface area contributed by atoms with Crippen LogP contribution in [0.2, 0.25) is 0 Å². The van der Waals surface area contributed by atoms with E-state index in [4.69, 9.17) is 5.11 Å². The highest BCUT2D eigenvalue weighted by Crippen LogP contribution is 2.26. The van der Waals surface area contributed by atoms with Crippen molar-refractivity contribution in [3.05, 3.63) is 28.2 Å². The Morgan fingerprint density at radius 3 is 2.70 bits per heavy atom. The first-order chi connectivity index (χ1) is 9.45. The number of hydrogen-bond donors (Lipinski definition) is 3. The van der Waals surface area contributed by atoms with E-state index >= 15 is 0 Å². The third-order valence-electron chi connectivity index (χ3n) is 3.55. The van der Waals surface area contributed by atoms with Crippen molar-refractivity contribution in [1.82, 2.24) is 5.32 Å². The predicted octanol–water partition coefficient (Wildman–Crippen LogP) is 3.13. The Kier molecular flexibility index (Phi) is 4.65. The Labute approximate surface area is 125 Å². The van der Waals surface area contributed by atoms with Gasteiger partial charge in [-0.3, -0.25) is 4.79 Å². The molecule has 0 aliphatic heterocycles. The fraction of sp³-hybridized carbons (Fsp3) is 0.429. The van der Waals surface area contributed by atoms with Crippen LogP contribution in [0.5, 0.6) is 0 Å². The van der Waals surface area contributed by atoms with Crippen LogP contribution in [0.15, 0.2) is 22.7 Å². The van der Waals surface area contributed by atoms with Crippen LogP contribution in [0, 0.1) is 12.8 Å². The molecule has 2 atom stereocenters. The topological polar surface area (TPSA) is 78.4 Å². The van der Waals surface area contributed by atoms with Gasteiger partial charge < -0.3 is 15.7 Å². The van der Waals surface area contributed by atoms with E-state index < -0.39 is 5.97 Å². The molecular formula is C14H17BrN2O3. The van der Waals surface area contributed by atoms with Crippen LogP contribution in [-0.4, -0.2) is 23.1 Å². The highest BCUT2D eigenvalue weighted by molar-refractivity contribution is 9.10. The van der Waals surface area contributed by atoms with Crippen LogP contribution in [0.3, 0.4) is 0 Å². The lowest BCUT2D eigenvalue weighted by Gasteiger charge is -2.14. The number of aliphatic carboxylic acids is 1. The summed E-state index contributed by atoms with van der Waals surface area (Å²) < 4.78 is 0.933. The van der Waals surface area contributed by atoms with Crippen LogP contribution in [0.4, 0.5) is 10.5 Å². The van der Waals surface area contributed by atoms with E-state index in [1.165, 1.54) is 0 Å². The van der Waals surface area contributed by atoms with Gasteiger partial charge in [0.15, 0.2) is 0 Å². The van der Waals surface area contributed by atoms with Gasteiger partial charge in [-0.1, -0.05) is 22.0 Å². The Bertz CT molecular complexity index is 533. The summed E-state index contributed by atoms with van der Waals surface area (Å²) in [5.41, 5.74) is 1.80. The molecule has 1 aliphatic rings. The Morgan fingerprint density at radius 1 is 1.35 bits per heavy atom. The van der Waals surface area contributed by atoms with Crippen LogP contribution >= 0.6 is 15.9 Å². The molecular weight excluding hydrogens is 324 g/mol. The molecule has 2 amide bonds. The molecule has 2 rings (SSSR count). The van der Waals surface area contributed by atoms with Gasteiger partial charge >= 0.3 is 12.0 Å². The fourth-order valence-corrected chi connectivity index (χ4v) is 2.74. The molecule has 6 heteroatoms. The number of amides is 2. The van der Waals surface area contributed by atoms with Gasteiger partial charge in [0, 0.05) is 16.2 Å². The van der Waals surface area contributed by atoms with Crippen molar-refractivity contribution < 1.29 is 14.7 Å². The van der Waals surface area contributed by atoms with E-state index in [0.717, 1.165) is 10.0 Å². The summed E-state index contributed by atoms with van der Waals surface area (Å²) in [6, 6.07) is 5.22. The summed E-state index contributed by atoms with van der Waals surface area (Å²) in [4.78, 5) is 22.7. The van der Waals surface area contributed by atoms with Gasteiger partial charge in [0.1, 0.15) is 0 Å². The smallest absolute Gasteiger partial charge is 0.319 e. The highest BCUT2D eigenvalue weighted by atomic mass is 79.9. The van der Waals surface area contributed by atoms with Crippen molar-refractivity contribution >= 4 is 33.6 Å². The predicted molar refractivity (Wildman–Crippen MR) is 79.8 cm³/mol. The van der Waals surface area contributed by atoms with Crippen LogP contribution in [0.1, 0.15) is 24.8 Å². The molecule has 1 fully saturated rings. The van der Waals surface area contributed by atoms with Crippen molar-refractivity contribution in [2.45, 2.75) is 32.2 Å². The zero-order valence-electron chi connectivity index (χ0n) is 11.1. The highest BCUT2D eigenvalue weighted by Gasteiger charge is 2.30. The molecule has 20 heavy (non-hydrogen) atoms. The van der Waals surface area contributed by atoms with Gasteiger partial charge in [-0.2, -0.15) is 0 Å². The van der Waals surface area contributed by atoms with E-state index in [0.29, 0.717) is 24.9 Å². The first-order valence-corrected chi connectivity index (χ1v) is 7.31. The maximum Gasteiger partial charge on any atom is 0.319 e. The number of halogens is 1. The zero-order chi connectivity index (χ0) is 14.7. The summed E-state index contributed by atoms with van der Waals surface area (Å²) in [6.45, 7) is 1.97. The van der Waals surface area contributed by atoms with Crippen LogP contribution in [0.25, 0.3) is 0 Å². The summed E-state index contributed by atoms with van der Waals surface area (Å²) in [5.74, 6) is -1.12. The third-order valence-corrected chi connectivity index (χ3v) is 4.40. The van der Waals surface area contributed by atoms with Crippen molar-refractivity contribution in [3.63, 3.8) is 0 Å². The number of hydrogen-bond acceptors (Lipinski definition) is 2. The van der Waals surface area contributed by atoms with Gasteiger partial charge in [0.25, 0.3) is 0 Å². The summed E-state index contributed by atoms with van der Waals surface area (Å²) in [7, 11) is 0. The number of carboxylic acid groups (broad SMARTS) is 1. The molecule has 108 valence electrons. The first kappa shape index (κ1) is 14.8.